The van der Waals surface area contributed by atoms with E-state index in [4.69, 9.17) is 17.3 Å². The van der Waals surface area contributed by atoms with Crippen LogP contribution in [0.4, 0.5) is 11.5 Å². The van der Waals surface area contributed by atoms with Gasteiger partial charge in [-0.1, -0.05) is 0 Å². The smallest absolute Gasteiger partial charge is 0.239 e. The zero-order valence-corrected chi connectivity index (χ0v) is 9.95. The first-order valence-corrected chi connectivity index (χ1v) is 5.18. The molecule has 1 aromatic rings. The van der Waals surface area contributed by atoms with Gasteiger partial charge in [0, 0.05) is 13.6 Å². The van der Waals surface area contributed by atoms with Crippen LogP contribution in [-0.2, 0) is 4.79 Å². The Hall–Kier alpha value is -1.56. The van der Waals surface area contributed by atoms with Gasteiger partial charge >= 0.3 is 0 Å². The van der Waals surface area contributed by atoms with E-state index in [0.717, 1.165) is 0 Å². The first-order valence-electron chi connectivity index (χ1n) is 4.80. The summed E-state index contributed by atoms with van der Waals surface area (Å²) in [6.45, 7) is 2.62. The van der Waals surface area contributed by atoms with Crippen molar-refractivity contribution in [3.63, 3.8) is 0 Å². The van der Waals surface area contributed by atoms with Crippen LogP contribution in [0, 0.1) is 0 Å². The van der Waals surface area contributed by atoms with Crippen LogP contribution < -0.4 is 16.0 Å². The minimum absolute atomic E-state index is 0.0980. The highest BCUT2D eigenvalue weighted by atomic mass is 35.5. The third-order valence-electron chi connectivity index (χ3n) is 1.88. The summed E-state index contributed by atoms with van der Waals surface area (Å²) in [7, 11) is 1.71. The second-order valence-corrected chi connectivity index (χ2v) is 3.57. The largest absolute Gasteiger partial charge is 0.394 e. The highest BCUT2D eigenvalue weighted by Crippen LogP contribution is 2.19. The van der Waals surface area contributed by atoms with Crippen LogP contribution in [0.15, 0.2) is 6.20 Å². The normalized spacial score (nSPS) is 9.94. The molecule has 0 aliphatic heterocycles. The Morgan fingerprint density at radius 3 is 3.00 bits per heavy atom. The molecule has 0 saturated carbocycles. The van der Waals surface area contributed by atoms with Crippen LogP contribution in [0.5, 0.6) is 0 Å². The Morgan fingerprint density at radius 2 is 2.38 bits per heavy atom. The van der Waals surface area contributed by atoms with Crippen LogP contribution in [0.25, 0.3) is 0 Å². The molecule has 0 aliphatic carbocycles. The number of halogens is 1. The number of amides is 1. The molecule has 0 unspecified atom stereocenters. The van der Waals surface area contributed by atoms with Gasteiger partial charge in [-0.2, -0.15) is 4.98 Å². The van der Waals surface area contributed by atoms with Crippen LogP contribution in [-0.4, -0.2) is 36.0 Å². The van der Waals surface area contributed by atoms with Gasteiger partial charge in [-0.25, -0.2) is 4.98 Å². The maximum Gasteiger partial charge on any atom is 0.239 e. The standard InChI is InChI=1S/C9H14ClN5O/c1-3-12-7(16)5-15(2)8-6(11)4-13-9(10)14-8/h4H,3,5,11H2,1-2H3,(H,12,16). The molecule has 1 rings (SSSR count). The van der Waals surface area contributed by atoms with Crippen molar-refractivity contribution in [3.8, 4) is 0 Å². The predicted molar refractivity (Wildman–Crippen MR) is 63.4 cm³/mol. The van der Waals surface area contributed by atoms with E-state index in [0.29, 0.717) is 18.1 Å². The maximum atomic E-state index is 11.4. The topological polar surface area (TPSA) is 84.1 Å². The number of likely N-dealkylation sites (N-methyl/N-ethyl adjacent to an activating group) is 2. The third-order valence-corrected chi connectivity index (χ3v) is 2.06. The van der Waals surface area contributed by atoms with Crippen molar-refractivity contribution in [3.05, 3.63) is 11.5 Å². The van der Waals surface area contributed by atoms with Gasteiger partial charge in [0.05, 0.1) is 18.4 Å². The molecule has 0 fully saturated rings. The average molecular weight is 244 g/mol. The van der Waals surface area contributed by atoms with Gasteiger partial charge in [-0.05, 0) is 18.5 Å². The van der Waals surface area contributed by atoms with E-state index in [9.17, 15) is 4.79 Å². The summed E-state index contributed by atoms with van der Waals surface area (Å²) in [6.07, 6.45) is 1.42. The third kappa shape index (κ3) is 3.23. The molecule has 1 aromatic heterocycles. The fourth-order valence-electron chi connectivity index (χ4n) is 1.21. The second-order valence-electron chi connectivity index (χ2n) is 3.23. The quantitative estimate of drug-likeness (QED) is 0.743. The summed E-state index contributed by atoms with van der Waals surface area (Å²) in [5.41, 5.74) is 6.07. The molecule has 88 valence electrons. The van der Waals surface area contributed by atoms with Gasteiger partial charge in [0.1, 0.15) is 0 Å². The van der Waals surface area contributed by atoms with Gasteiger partial charge in [-0.3, -0.25) is 4.79 Å². The summed E-state index contributed by atoms with van der Waals surface area (Å²) >= 11 is 5.65. The first kappa shape index (κ1) is 12.5. The zero-order valence-electron chi connectivity index (χ0n) is 9.20. The van der Waals surface area contributed by atoms with Crippen LogP contribution >= 0.6 is 11.6 Å². The lowest BCUT2D eigenvalue weighted by molar-refractivity contribution is -0.119. The second kappa shape index (κ2) is 5.50. The highest BCUT2D eigenvalue weighted by molar-refractivity contribution is 6.28. The molecular weight excluding hydrogens is 230 g/mol. The molecule has 0 spiro atoms. The van der Waals surface area contributed by atoms with E-state index in [1.54, 1.807) is 11.9 Å². The van der Waals surface area contributed by atoms with Crippen molar-refractivity contribution in [1.29, 1.82) is 0 Å². The summed E-state index contributed by atoms with van der Waals surface area (Å²) in [6, 6.07) is 0. The Bertz CT molecular complexity index is 384. The summed E-state index contributed by atoms with van der Waals surface area (Å²) in [4.78, 5) is 20.7. The molecule has 16 heavy (non-hydrogen) atoms. The van der Waals surface area contributed by atoms with Gasteiger partial charge in [0.15, 0.2) is 5.82 Å². The lowest BCUT2D eigenvalue weighted by Gasteiger charge is -2.18. The van der Waals surface area contributed by atoms with Crippen molar-refractivity contribution in [2.75, 3.05) is 30.8 Å². The Morgan fingerprint density at radius 1 is 1.69 bits per heavy atom. The molecule has 0 bridgehead atoms. The van der Waals surface area contributed by atoms with Gasteiger partial charge in [-0.15, -0.1) is 0 Å². The number of nitrogens with one attached hydrogen (secondary N) is 1. The molecular formula is C9H14ClN5O. The Labute approximate surface area is 98.8 Å². The fourth-order valence-corrected chi connectivity index (χ4v) is 1.34. The number of rotatable bonds is 4. The molecule has 0 atom stereocenters. The molecule has 0 aromatic carbocycles. The number of hydrogen-bond donors (Lipinski definition) is 2. The van der Waals surface area contributed by atoms with Crippen LogP contribution in [0.1, 0.15) is 6.92 Å². The fraction of sp³-hybridized carbons (Fsp3) is 0.444. The van der Waals surface area contributed by atoms with Crippen LogP contribution in [0.2, 0.25) is 5.28 Å². The lowest BCUT2D eigenvalue weighted by atomic mass is 10.4. The van der Waals surface area contributed by atoms with Crippen molar-refractivity contribution >= 4 is 29.0 Å². The number of nitrogen functional groups attached to an aromatic ring is 1. The predicted octanol–water partition coefficient (Wildman–Crippen LogP) is 0.285. The molecule has 1 amide bonds. The van der Waals surface area contributed by atoms with Gasteiger partial charge in [0.2, 0.25) is 11.2 Å². The monoisotopic (exact) mass is 243 g/mol. The lowest BCUT2D eigenvalue weighted by Crippen LogP contribution is -2.35. The zero-order chi connectivity index (χ0) is 12.1. The number of anilines is 2. The number of hydrogen-bond acceptors (Lipinski definition) is 5. The van der Waals surface area contributed by atoms with E-state index >= 15 is 0 Å². The first-order chi connectivity index (χ1) is 7.54. The number of carbonyl (C=O) groups excluding carboxylic acids is 1. The minimum Gasteiger partial charge on any atom is -0.394 e. The van der Waals surface area contributed by atoms with Crippen LogP contribution in [0.3, 0.4) is 0 Å². The van der Waals surface area contributed by atoms with E-state index in [-0.39, 0.29) is 17.7 Å². The summed E-state index contributed by atoms with van der Waals surface area (Å²) < 4.78 is 0. The molecule has 3 N–H and O–H groups in total. The Kier molecular flexibility index (Phi) is 4.30. The molecule has 0 aliphatic rings. The average Bonchev–Trinajstić information content (AvgIpc) is 2.21. The molecule has 7 heteroatoms. The summed E-state index contributed by atoms with van der Waals surface area (Å²) in [5, 5.41) is 2.79. The van der Waals surface area contributed by atoms with Crippen molar-refractivity contribution in [2.24, 2.45) is 0 Å². The molecule has 6 nitrogen and oxygen atoms in total. The van der Waals surface area contributed by atoms with E-state index in [2.05, 4.69) is 15.3 Å². The van der Waals surface area contributed by atoms with Gasteiger partial charge in [0.25, 0.3) is 0 Å². The number of nitrogens with two attached hydrogens (primary N) is 1. The number of carbonyl (C=O) groups is 1. The van der Waals surface area contributed by atoms with Crippen molar-refractivity contribution in [1.82, 2.24) is 15.3 Å². The Balaban J connectivity index is 2.76. The van der Waals surface area contributed by atoms with Gasteiger partial charge < -0.3 is 16.0 Å². The molecule has 0 radical (unpaired) electrons. The van der Waals surface area contributed by atoms with E-state index in [1.807, 2.05) is 6.92 Å². The van der Waals surface area contributed by atoms with E-state index < -0.39 is 0 Å². The SMILES string of the molecule is CCNC(=O)CN(C)c1nc(Cl)ncc1N. The minimum atomic E-state index is -0.0980. The van der Waals surface area contributed by atoms with Crippen molar-refractivity contribution in [2.45, 2.75) is 6.92 Å². The van der Waals surface area contributed by atoms with E-state index in [1.165, 1.54) is 6.20 Å². The van der Waals surface area contributed by atoms with Crippen molar-refractivity contribution < 1.29 is 4.79 Å². The highest BCUT2D eigenvalue weighted by Gasteiger charge is 2.11. The number of aromatic nitrogens is 2. The maximum absolute atomic E-state index is 11.4. The molecule has 0 saturated heterocycles. The molecule has 1 heterocycles. The number of nitrogens with zero attached hydrogens (tertiary/aromatic N) is 3. The summed E-state index contributed by atoms with van der Waals surface area (Å²) in [5.74, 6) is 0.352.